The molecule has 9 nitrogen and oxygen atoms in total. The third-order valence-electron chi connectivity index (χ3n) is 7.02. The smallest absolute Gasteiger partial charge is 0.338 e. The van der Waals surface area contributed by atoms with Crippen molar-refractivity contribution < 1.29 is 31.9 Å². The summed E-state index contributed by atoms with van der Waals surface area (Å²) in [5.41, 5.74) is 1.85. The number of furan rings is 1. The number of sulfonamides is 1. The Balaban J connectivity index is 1.19. The van der Waals surface area contributed by atoms with Gasteiger partial charge in [0.2, 0.25) is 0 Å². The first-order valence-electron chi connectivity index (χ1n) is 13.4. The van der Waals surface area contributed by atoms with Crippen LogP contribution in [0.4, 0.5) is 11.4 Å². The molecule has 0 saturated heterocycles. The number of ether oxygens (including phenoxy) is 2. The molecule has 6 rings (SSSR count). The third kappa shape index (κ3) is 5.47. The number of carbonyl (C=O) groups excluding carboxylic acids is 2. The van der Waals surface area contributed by atoms with E-state index in [2.05, 4.69) is 10.0 Å². The molecule has 0 aliphatic heterocycles. The summed E-state index contributed by atoms with van der Waals surface area (Å²) in [7, 11) is -2.73. The van der Waals surface area contributed by atoms with Crippen molar-refractivity contribution in [2.45, 2.75) is 17.9 Å². The Kier molecular flexibility index (Phi) is 7.21. The average molecular weight is 595 g/mol. The van der Waals surface area contributed by atoms with Gasteiger partial charge in [0.1, 0.15) is 16.9 Å². The van der Waals surface area contributed by atoms with E-state index < -0.39 is 28.0 Å². The van der Waals surface area contributed by atoms with Gasteiger partial charge in [0.15, 0.2) is 6.10 Å². The maximum atomic E-state index is 13.4. The highest BCUT2D eigenvalue weighted by molar-refractivity contribution is 7.92. The van der Waals surface area contributed by atoms with Gasteiger partial charge in [-0.25, -0.2) is 13.2 Å². The standard InChI is InChI=1S/C33H26N2O7S/c1-20(32(36)34-27-15-8-10-21-9-3-4-13-24(21)27)41-33(37)22-11-7-12-23(17-22)43(38,39)35-28-19-30-26(18-31(28)40-2)25-14-5-6-16-29(25)42-30/h3-20,35H,1-2H3,(H,34,36)/t20-/m1/s1. The van der Waals surface area contributed by atoms with Gasteiger partial charge >= 0.3 is 5.97 Å². The van der Waals surface area contributed by atoms with Crippen LogP contribution in [0, 0.1) is 0 Å². The summed E-state index contributed by atoms with van der Waals surface area (Å²) in [6, 6.07) is 29.2. The topological polar surface area (TPSA) is 124 Å². The normalized spacial score (nSPS) is 12.2. The summed E-state index contributed by atoms with van der Waals surface area (Å²) in [5, 5.41) is 6.24. The third-order valence-corrected chi connectivity index (χ3v) is 8.39. The number of esters is 1. The maximum absolute atomic E-state index is 13.4. The van der Waals surface area contributed by atoms with Crippen molar-refractivity contribution in [1.82, 2.24) is 0 Å². The van der Waals surface area contributed by atoms with Crippen molar-refractivity contribution in [1.29, 1.82) is 0 Å². The van der Waals surface area contributed by atoms with E-state index in [-0.39, 0.29) is 16.1 Å². The highest BCUT2D eigenvalue weighted by Crippen LogP contribution is 2.37. The number of fused-ring (bicyclic) bond motifs is 4. The molecule has 2 N–H and O–H groups in total. The predicted molar refractivity (Wildman–Crippen MR) is 165 cm³/mol. The molecular weight excluding hydrogens is 568 g/mol. The lowest BCUT2D eigenvalue weighted by Gasteiger charge is -2.15. The van der Waals surface area contributed by atoms with Crippen molar-refractivity contribution in [3.63, 3.8) is 0 Å². The fourth-order valence-corrected chi connectivity index (χ4v) is 5.95. The molecule has 0 radical (unpaired) electrons. The van der Waals surface area contributed by atoms with Crippen LogP contribution in [0.15, 0.2) is 112 Å². The largest absolute Gasteiger partial charge is 0.495 e. The summed E-state index contributed by atoms with van der Waals surface area (Å²) in [5.74, 6) is -1.08. The summed E-state index contributed by atoms with van der Waals surface area (Å²) < 4.78 is 46.0. The van der Waals surface area contributed by atoms with E-state index in [1.54, 1.807) is 18.2 Å². The Morgan fingerprint density at radius 1 is 0.767 bits per heavy atom. The molecule has 0 saturated carbocycles. The number of methoxy groups -OCH3 is 1. The molecule has 1 heterocycles. The van der Waals surface area contributed by atoms with Crippen molar-refractivity contribution >= 4 is 66.0 Å². The van der Waals surface area contributed by atoms with E-state index in [1.807, 2.05) is 60.7 Å². The fourth-order valence-electron chi connectivity index (χ4n) is 4.84. The van der Waals surface area contributed by atoms with Gasteiger partial charge in [0.05, 0.1) is 23.3 Å². The summed E-state index contributed by atoms with van der Waals surface area (Å²) >= 11 is 0. The number of rotatable bonds is 8. The Morgan fingerprint density at radius 3 is 2.30 bits per heavy atom. The van der Waals surface area contributed by atoms with Gasteiger partial charge in [-0.05, 0) is 48.7 Å². The highest BCUT2D eigenvalue weighted by Gasteiger charge is 2.23. The maximum Gasteiger partial charge on any atom is 0.338 e. The fraction of sp³-hybridized carbons (Fsp3) is 0.0909. The number of nitrogens with one attached hydrogen (secondary N) is 2. The molecular formula is C33H26N2O7S. The molecule has 6 aromatic rings. The van der Waals surface area contributed by atoms with E-state index in [0.29, 0.717) is 22.6 Å². The van der Waals surface area contributed by atoms with E-state index in [1.165, 1.54) is 38.3 Å². The molecule has 1 amide bonds. The number of benzene rings is 5. The van der Waals surface area contributed by atoms with E-state index in [0.717, 1.165) is 21.5 Å². The second-order valence-corrected chi connectivity index (χ2v) is 11.5. The molecule has 43 heavy (non-hydrogen) atoms. The van der Waals surface area contributed by atoms with E-state index in [9.17, 15) is 18.0 Å². The molecule has 0 spiro atoms. The monoisotopic (exact) mass is 594 g/mol. The van der Waals surface area contributed by atoms with Crippen LogP contribution in [0.3, 0.4) is 0 Å². The zero-order chi connectivity index (χ0) is 30.1. The van der Waals surface area contributed by atoms with Crippen molar-refractivity contribution in [2.24, 2.45) is 0 Å². The van der Waals surface area contributed by atoms with Gasteiger partial charge in [-0.2, -0.15) is 0 Å². The molecule has 0 unspecified atom stereocenters. The lowest BCUT2D eigenvalue weighted by Crippen LogP contribution is -2.30. The van der Waals surface area contributed by atoms with Crippen LogP contribution in [0.5, 0.6) is 5.75 Å². The second kappa shape index (κ2) is 11.1. The molecule has 0 bridgehead atoms. The van der Waals surface area contributed by atoms with Gasteiger partial charge < -0.3 is 19.2 Å². The van der Waals surface area contributed by atoms with E-state index >= 15 is 0 Å². The zero-order valence-corrected chi connectivity index (χ0v) is 24.0. The minimum atomic E-state index is -4.17. The van der Waals surface area contributed by atoms with Crippen LogP contribution < -0.4 is 14.8 Å². The average Bonchev–Trinajstić information content (AvgIpc) is 3.38. The highest BCUT2D eigenvalue weighted by atomic mass is 32.2. The molecule has 10 heteroatoms. The SMILES string of the molecule is COc1cc2c(cc1NS(=O)(=O)c1cccc(C(=O)O[C@H](C)C(=O)Nc3cccc4ccccc34)c1)oc1ccccc12. The van der Waals surface area contributed by atoms with Gasteiger partial charge in [0, 0.05) is 27.9 Å². The Morgan fingerprint density at radius 2 is 1.49 bits per heavy atom. The molecule has 5 aromatic carbocycles. The lowest BCUT2D eigenvalue weighted by molar-refractivity contribution is -0.123. The summed E-state index contributed by atoms with van der Waals surface area (Å²) in [4.78, 5) is 25.6. The molecule has 0 fully saturated rings. The Bertz CT molecular complexity index is 2130. The first kappa shape index (κ1) is 27.8. The minimum Gasteiger partial charge on any atom is -0.495 e. The summed E-state index contributed by atoms with van der Waals surface area (Å²) in [6.07, 6.45) is -1.15. The van der Waals surface area contributed by atoms with Crippen molar-refractivity contribution in [2.75, 3.05) is 17.1 Å². The minimum absolute atomic E-state index is 0.0348. The Hall–Kier alpha value is -5.35. The lowest BCUT2D eigenvalue weighted by atomic mass is 10.1. The molecule has 0 aliphatic carbocycles. The van der Waals surface area contributed by atoms with Crippen LogP contribution in [0.2, 0.25) is 0 Å². The van der Waals surface area contributed by atoms with Crippen LogP contribution >= 0.6 is 0 Å². The first-order valence-corrected chi connectivity index (χ1v) is 14.8. The van der Waals surface area contributed by atoms with Crippen LogP contribution in [-0.4, -0.2) is 33.5 Å². The summed E-state index contributed by atoms with van der Waals surface area (Å²) in [6.45, 7) is 1.45. The van der Waals surface area contributed by atoms with Gasteiger partial charge in [-0.15, -0.1) is 0 Å². The Labute approximate surface area is 247 Å². The van der Waals surface area contributed by atoms with Gasteiger partial charge in [-0.3, -0.25) is 9.52 Å². The van der Waals surface area contributed by atoms with Crippen LogP contribution in [0.1, 0.15) is 17.3 Å². The van der Waals surface area contributed by atoms with Crippen LogP contribution in [-0.2, 0) is 19.6 Å². The van der Waals surface area contributed by atoms with Crippen molar-refractivity contribution in [3.8, 4) is 5.75 Å². The number of carbonyl (C=O) groups is 2. The van der Waals surface area contributed by atoms with Gasteiger partial charge in [0.25, 0.3) is 15.9 Å². The number of anilines is 2. The quantitative estimate of drug-likeness (QED) is 0.187. The molecule has 1 atom stereocenters. The number of amides is 1. The van der Waals surface area contributed by atoms with E-state index in [4.69, 9.17) is 13.9 Å². The van der Waals surface area contributed by atoms with Gasteiger partial charge in [-0.1, -0.05) is 60.7 Å². The number of hydrogen-bond donors (Lipinski definition) is 2. The second-order valence-electron chi connectivity index (χ2n) is 9.84. The molecule has 1 aromatic heterocycles. The van der Waals surface area contributed by atoms with Crippen LogP contribution in [0.25, 0.3) is 32.7 Å². The molecule has 216 valence electrons. The zero-order valence-electron chi connectivity index (χ0n) is 23.2. The predicted octanol–water partition coefficient (Wildman–Crippen LogP) is 6.73. The first-order chi connectivity index (χ1) is 20.7. The molecule has 0 aliphatic rings. The number of hydrogen-bond acceptors (Lipinski definition) is 7. The number of para-hydroxylation sites is 1. The van der Waals surface area contributed by atoms with Crippen molar-refractivity contribution in [3.05, 3.63) is 109 Å².